The molecule has 0 radical (unpaired) electrons. The van der Waals surface area contributed by atoms with Gasteiger partial charge in [0, 0.05) is 39.8 Å². The zero-order valence-corrected chi connectivity index (χ0v) is 18.5. The third-order valence-electron chi connectivity index (χ3n) is 6.56. The van der Waals surface area contributed by atoms with Crippen LogP contribution in [0.2, 0.25) is 0 Å². The first-order chi connectivity index (χ1) is 14.8. The van der Waals surface area contributed by atoms with Crippen LogP contribution in [0.4, 0.5) is 0 Å². The molecule has 3 aliphatic rings. The summed E-state index contributed by atoms with van der Waals surface area (Å²) in [5, 5.41) is 3.54. The molecule has 0 bridgehead atoms. The van der Waals surface area contributed by atoms with Crippen LogP contribution in [0.25, 0.3) is 0 Å². The Balaban J connectivity index is 1.26. The van der Waals surface area contributed by atoms with E-state index in [-0.39, 0.29) is 12.2 Å². The van der Waals surface area contributed by atoms with Crippen molar-refractivity contribution < 1.29 is 9.47 Å². The fourth-order valence-corrected chi connectivity index (χ4v) is 4.82. The summed E-state index contributed by atoms with van der Waals surface area (Å²) < 4.78 is 11.8. The minimum Gasteiger partial charge on any atom is -0.375 e. The first-order valence-electron chi connectivity index (χ1n) is 11.8. The van der Waals surface area contributed by atoms with Crippen molar-refractivity contribution in [2.45, 2.75) is 63.8 Å². The number of aliphatic imine (C=N–C) groups is 1. The summed E-state index contributed by atoms with van der Waals surface area (Å²) >= 11 is 0. The number of guanidine groups is 1. The smallest absolute Gasteiger partial charge is 0.194 e. The van der Waals surface area contributed by atoms with E-state index in [0.29, 0.717) is 0 Å². The molecule has 4 rings (SSSR count). The normalized spacial score (nSPS) is 26.6. The van der Waals surface area contributed by atoms with E-state index in [9.17, 15) is 0 Å². The number of hydrogen-bond acceptors (Lipinski definition) is 4. The highest BCUT2D eigenvalue weighted by Gasteiger charge is 2.32. The number of benzene rings is 1. The number of rotatable bonds is 5. The van der Waals surface area contributed by atoms with Crippen LogP contribution in [-0.4, -0.2) is 74.4 Å². The zero-order chi connectivity index (χ0) is 20.6. The Morgan fingerprint density at radius 3 is 2.37 bits per heavy atom. The van der Waals surface area contributed by atoms with Crippen LogP contribution in [0.1, 0.15) is 49.7 Å². The molecule has 1 aromatic rings. The molecule has 0 aromatic heterocycles. The highest BCUT2D eigenvalue weighted by atomic mass is 16.5. The predicted octanol–water partition coefficient (Wildman–Crippen LogP) is 3.02. The van der Waals surface area contributed by atoms with Gasteiger partial charge in [0.05, 0.1) is 12.7 Å². The molecule has 1 N–H and O–H groups in total. The lowest BCUT2D eigenvalue weighted by atomic mass is 10.1. The van der Waals surface area contributed by atoms with Crippen molar-refractivity contribution in [1.82, 2.24) is 15.1 Å². The van der Waals surface area contributed by atoms with Gasteiger partial charge >= 0.3 is 0 Å². The Labute approximate surface area is 181 Å². The van der Waals surface area contributed by atoms with E-state index in [1.807, 2.05) is 7.05 Å². The van der Waals surface area contributed by atoms with Gasteiger partial charge in [-0.3, -0.25) is 9.89 Å². The van der Waals surface area contributed by atoms with Crippen LogP contribution in [-0.2, 0) is 22.6 Å². The summed E-state index contributed by atoms with van der Waals surface area (Å²) in [6.45, 7) is 7.67. The lowest BCUT2D eigenvalue weighted by Crippen LogP contribution is -2.53. The Morgan fingerprint density at radius 2 is 1.67 bits per heavy atom. The monoisotopic (exact) mass is 414 g/mol. The van der Waals surface area contributed by atoms with E-state index in [1.54, 1.807) is 0 Å². The van der Waals surface area contributed by atoms with Gasteiger partial charge in [0.25, 0.3) is 0 Å². The zero-order valence-electron chi connectivity index (χ0n) is 18.5. The average Bonchev–Trinajstić information content (AvgIpc) is 3.21. The molecule has 0 aliphatic carbocycles. The summed E-state index contributed by atoms with van der Waals surface area (Å²) in [6, 6.07) is 9.07. The fraction of sp³-hybridized carbons (Fsp3) is 0.708. The minimum absolute atomic E-state index is 0.151. The Hall–Kier alpha value is -1.63. The SMILES string of the molecule is CN=C(NCc1ccc(CN2CCCCCC2)cc1)N1CCOC(C2CCCO2)C1. The van der Waals surface area contributed by atoms with E-state index in [0.717, 1.165) is 58.2 Å². The number of likely N-dealkylation sites (tertiary alicyclic amines) is 1. The third-order valence-corrected chi connectivity index (χ3v) is 6.56. The van der Waals surface area contributed by atoms with Gasteiger partial charge in [0.2, 0.25) is 0 Å². The minimum atomic E-state index is 0.151. The molecule has 3 aliphatic heterocycles. The Bertz CT molecular complexity index is 664. The molecule has 6 nitrogen and oxygen atoms in total. The largest absolute Gasteiger partial charge is 0.375 e. The van der Waals surface area contributed by atoms with Crippen LogP contribution < -0.4 is 5.32 Å². The van der Waals surface area contributed by atoms with Crippen LogP contribution in [0.3, 0.4) is 0 Å². The molecule has 2 unspecified atom stereocenters. The van der Waals surface area contributed by atoms with Gasteiger partial charge in [0.15, 0.2) is 5.96 Å². The van der Waals surface area contributed by atoms with Crippen molar-refractivity contribution in [2.75, 3.05) is 46.4 Å². The van der Waals surface area contributed by atoms with Gasteiger partial charge in [-0.25, -0.2) is 0 Å². The van der Waals surface area contributed by atoms with Crippen molar-refractivity contribution in [2.24, 2.45) is 4.99 Å². The lowest BCUT2D eigenvalue weighted by molar-refractivity contribution is -0.0817. The van der Waals surface area contributed by atoms with E-state index < -0.39 is 0 Å². The average molecular weight is 415 g/mol. The van der Waals surface area contributed by atoms with Crippen molar-refractivity contribution in [3.05, 3.63) is 35.4 Å². The molecular formula is C24H38N4O2. The molecule has 3 saturated heterocycles. The van der Waals surface area contributed by atoms with E-state index >= 15 is 0 Å². The lowest BCUT2D eigenvalue weighted by Gasteiger charge is -2.37. The van der Waals surface area contributed by atoms with Crippen LogP contribution in [0, 0.1) is 0 Å². The summed E-state index contributed by atoms with van der Waals surface area (Å²) in [4.78, 5) is 9.43. The molecule has 0 amide bonds. The molecule has 1 aromatic carbocycles. The van der Waals surface area contributed by atoms with Crippen molar-refractivity contribution in [3.63, 3.8) is 0 Å². The molecule has 0 spiro atoms. The van der Waals surface area contributed by atoms with Crippen LogP contribution >= 0.6 is 0 Å². The van der Waals surface area contributed by atoms with Crippen molar-refractivity contribution in [3.8, 4) is 0 Å². The summed E-state index contributed by atoms with van der Waals surface area (Å²) in [7, 11) is 1.86. The maximum Gasteiger partial charge on any atom is 0.194 e. The Morgan fingerprint density at radius 1 is 0.933 bits per heavy atom. The second kappa shape index (κ2) is 11.1. The maximum absolute atomic E-state index is 5.98. The van der Waals surface area contributed by atoms with E-state index in [1.165, 1.54) is 49.9 Å². The predicted molar refractivity (Wildman–Crippen MR) is 121 cm³/mol. The first kappa shape index (κ1) is 21.6. The van der Waals surface area contributed by atoms with Crippen LogP contribution in [0.15, 0.2) is 29.3 Å². The van der Waals surface area contributed by atoms with Gasteiger partial charge in [-0.05, 0) is 49.9 Å². The Kier molecular flexibility index (Phi) is 8.01. The molecule has 30 heavy (non-hydrogen) atoms. The highest BCUT2D eigenvalue weighted by Crippen LogP contribution is 2.21. The van der Waals surface area contributed by atoms with E-state index in [4.69, 9.17) is 9.47 Å². The second-order valence-corrected chi connectivity index (χ2v) is 8.81. The molecular weight excluding hydrogens is 376 g/mol. The summed E-state index contributed by atoms with van der Waals surface area (Å²) in [5.41, 5.74) is 2.71. The van der Waals surface area contributed by atoms with Gasteiger partial charge in [-0.2, -0.15) is 0 Å². The van der Waals surface area contributed by atoms with Gasteiger partial charge < -0.3 is 19.7 Å². The van der Waals surface area contributed by atoms with Gasteiger partial charge in [0.1, 0.15) is 6.10 Å². The number of ether oxygens (including phenoxy) is 2. The number of nitrogens with zero attached hydrogens (tertiary/aromatic N) is 3. The molecule has 0 saturated carbocycles. The first-order valence-corrected chi connectivity index (χ1v) is 11.8. The van der Waals surface area contributed by atoms with Crippen LogP contribution in [0.5, 0.6) is 0 Å². The van der Waals surface area contributed by atoms with Gasteiger partial charge in [-0.15, -0.1) is 0 Å². The molecule has 2 atom stereocenters. The standard InChI is InChI=1S/C24H38N4O2/c1-25-24(28-14-16-30-23(19-28)22-7-6-15-29-22)26-17-20-8-10-21(11-9-20)18-27-12-4-2-3-5-13-27/h8-11,22-23H,2-7,12-19H2,1H3,(H,25,26). The maximum atomic E-state index is 5.98. The number of hydrogen-bond donors (Lipinski definition) is 1. The summed E-state index contributed by atoms with van der Waals surface area (Å²) in [5.74, 6) is 0.954. The molecule has 166 valence electrons. The third kappa shape index (κ3) is 5.96. The molecule has 3 fully saturated rings. The number of nitrogens with one attached hydrogen (secondary N) is 1. The van der Waals surface area contributed by atoms with E-state index in [2.05, 4.69) is 44.4 Å². The van der Waals surface area contributed by atoms with Crippen molar-refractivity contribution in [1.29, 1.82) is 0 Å². The molecule has 6 heteroatoms. The summed E-state index contributed by atoms with van der Waals surface area (Å²) in [6.07, 6.45) is 8.10. The van der Waals surface area contributed by atoms with Crippen molar-refractivity contribution >= 4 is 5.96 Å². The molecule has 3 heterocycles. The van der Waals surface area contributed by atoms with Gasteiger partial charge in [-0.1, -0.05) is 37.1 Å². The number of morpholine rings is 1. The highest BCUT2D eigenvalue weighted by molar-refractivity contribution is 5.80. The second-order valence-electron chi connectivity index (χ2n) is 8.81. The fourth-order valence-electron chi connectivity index (χ4n) is 4.82. The quantitative estimate of drug-likeness (QED) is 0.593. The topological polar surface area (TPSA) is 49.3 Å².